The van der Waals surface area contributed by atoms with Crippen molar-refractivity contribution >= 4 is 23.2 Å². The molecule has 5 heteroatoms. The first-order chi connectivity index (χ1) is 8.16. The van der Waals surface area contributed by atoms with E-state index < -0.39 is 5.82 Å². The first-order valence-electron chi connectivity index (χ1n) is 5.66. The van der Waals surface area contributed by atoms with Crippen LogP contribution in [0.25, 0.3) is 0 Å². The van der Waals surface area contributed by atoms with Gasteiger partial charge in [-0.25, -0.2) is 4.39 Å². The van der Waals surface area contributed by atoms with Crippen LogP contribution in [-0.4, -0.2) is 18.5 Å². The van der Waals surface area contributed by atoms with E-state index in [-0.39, 0.29) is 17.0 Å². The Hall–Kier alpha value is -1.13. The summed E-state index contributed by atoms with van der Waals surface area (Å²) in [6.45, 7) is 0.863. The number of benzene rings is 1. The van der Waals surface area contributed by atoms with Crippen LogP contribution in [-0.2, 0) is 4.79 Å². The Morgan fingerprint density at radius 1 is 1.47 bits per heavy atom. The maximum Gasteiger partial charge on any atom is 0.241 e. The van der Waals surface area contributed by atoms with E-state index in [1.165, 1.54) is 18.2 Å². The quantitative estimate of drug-likeness (QED) is 0.854. The summed E-state index contributed by atoms with van der Waals surface area (Å²) in [5, 5.41) is 5.89. The first kappa shape index (κ1) is 12.3. The largest absolute Gasteiger partial charge is 0.325 e. The second-order valence-electron chi connectivity index (χ2n) is 4.12. The van der Waals surface area contributed by atoms with Crippen molar-refractivity contribution in [2.75, 3.05) is 11.9 Å². The fourth-order valence-corrected chi connectivity index (χ4v) is 2.06. The van der Waals surface area contributed by atoms with Crippen molar-refractivity contribution < 1.29 is 9.18 Å². The highest BCUT2D eigenvalue weighted by molar-refractivity contribution is 6.31. The Morgan fingerprint density at radius 2 is 2.29 bits per heavy atom. The van der Waals surface area contributed by atoms with Crippen molar-refractivity contribution in [3.8, 4) is 0 Å². The summed E-state index contributed by atoms with van der Waals surface area (Å²) in [5.74, 6) is -0.576. The highest BCUT2D eigenvalue weighted by Gasteiger charge is 2.20. The minimum atomic E-state index is -0.486. The second-order valence-corrected chi connectivity index (χ2v) is 4.53. The lowest BCUT2D eigenvalue weighted by Crippen LogP contribution is -2.43. The van der Waals surface area contributed by atoms with Gasteiger partial charge in [-0.2, -0.15) is 0 Å². The Bertz CT molecular complexity index is 419. The van der Waals surface area contributed by atoms with Gasteiger partial charge >= 0.3 is 0 Å². The van der Waals surface area contributed by atoms with Gasteiger partial charge in [-0.3, -0.25) is 4.79 Å². The van der Waals surface area contributed by atoms with Gasteiger partial charge in [0.1, 0.15) is 5.82 Å². The summed E-state index contributed by atoms with van der Waals surface area (Å²) < 4.78 is 12.9. The number of amides is 1. The molecule has 1 aromatic rings. The number of hydrogen-bond acceptors (Lipinski definition) is 2. The molecule has 1 aromatic carbocycles. The lowest BCUT2D eigenvalue weighted by molar-refractivity contribution is -0.118. The molecule has 1 heterocycles. The zero-order valence-corrected chi connectivity index (χ0v) is 10.1. The third kappa shape index (κ3) is 3.17. The number of piperidine rings is 1. The van der Waals surface area contributed by atoms with E-state index >= 15 is 0 Å². The Labute approximate surface area is 104 Å². The smallest absolute Gasteiger partial charge is 0.241 e. The average molecular weight is 257 g/mol. The van der Waals surface area contributed by atoms with Gasteiger partial charge in [-0.05, 0) is 37.6 Å². The highest BCUT2D eigenvalue weighted by Crippen LogP contribution is 2.20. The summed E-state index contributed by atoms with van der Waals surface area (Å²) in [6, 6.07) is 4.00. The van der Waals surface area contributed by atoms with Crippen molar-refractivity contribution in [3.05, 3.63) is 29.0 Å². The van der Waals surface area contributed by atoms with E-state index in [4.69, 9.17) is 11.6 Å². The zero-order valence-electron chi connectivity index (χ0n) is 9.30. The molecule has 1 saturated heterocycles. The lowest BCUT2D eigenvalue weighted by Gasteiger charge is -2.22. The molecule has 0 spiro atoms. The van der Waals surface area contributed by atoms with Crippen molar-refractivity contribution in [2.45, 2.75) is 25.3 Å². The number of rotatable bonds is 2. The molecule has 3 nitrogen and oxygen atoms in total. The summed E-state index contributed by atoms with van der Waals surface area (Å²) in [6.07, 6.45) is 2.99. The molecule has 1 amide bonds. The molecule has 0 aliphatic carbocycles. The maximum atomic E-state index is 12.9. The van der Waals surface area contributed by atoms with E-state index in [1.807, 2.05) is 0 Å². The molecule has 0 radical (unpaired) electrons. The third-order valence-electron chi connectivity index (χ3n) is 2.81. The van der Waals surface area contributed by atoms with Gasteiger partial charge in [0.15, 0.2) is 0 Å². The fourth-order valence-electron chi connectivity index (χ4n) is 1.88. The number of carbonyl (C=O) groups is 1. The molecular formula is C12H14ClFN2O. The molecule has 17 heavy (non-hydrogen) atoms. The van der Waals surface area contributed by atoms with Crippen molar-refractivity contribution in [2.24, 2.45) is 0 Å². The molecule has 1 aliphatic heterocycles. The number of halogens is 2. The minimum absolute atomic E-state index is 0.0133. The number of carbonyl (C=O) groups excluding carboxylic acids is 1. The van der Waals surface area contributed by atoms with Crippen LogP contribution in [0.2, 0.25) is 5.02 Å². The van der Waals surface area contributed by atoms with Crippen LogP contribution < -0.4 is 10.6 Å². The summed E-state index contributed by atoms with van der Waals surface area (Å²) in [4.78, 5) is 11.9. The van der Waals surface area contributed by atoms with Gasteiger partial charge in [0.25, 0.3) is 0 Å². The molecule has 0 unspecified atom stereocenters. The van der Waals surface area contributed by atoms with Crippen LogP contribution in [0, 0.1) is 5.82 Å². The van der Waals surface area contributed by atoms with Crippen LogP contribution in [0.4, 0.5) is 10.1 Å². The Balaban J connectivity index is 1.99. The number of anilines is 1. The van der Waals surface area contributed by atoms with E-state index in [9.17, 15) is 9.18 Å². The topological polar surface area (TPSA) is 41.1 Å². The standard InChI is InChI=1S/C12H14ClFN2O/c13-9-7-8(4-5-10(9)14)16-12(17)11-3-1-2-6-15-11/h4-5,7,11,15H,1-3,6H2,(H,16,17)/t11-/m0/s1. The van der Waals surface area contributed by atoms with Gasteiger partial charge in [-0.1, -0.05) is 18.0 Å². The average Bonchev–Trinajstić information content (AvgIpc) is 2.35. The maximum absolute atomic E-state index is 12.9. The monoisotopic (exact) mass is 256 g/mol. The predicted molar refractivity (Wildman–Crippen MR) is 65.7 cm³/mol. The highest BCUT2D eigenvalue weighted by atomic mass is 35.5. The SMILES string of the molecule is O=C(Nc1ccc(F)c(Cl)c1)[C@@H]1CCCCN1. The van der Waals surface area contributed by atoms with Gasteiger partial charge in [0.2, 0.25) is 5.91 Å². The molecule has 0 aromatic heterocycles. The Morgan fingerprint density at radius 3 is 2.94 bits per heavy atom. The van der Waals surface area contributed by atoms with E-state index in [0.717, 1.165) is 25.8 Å². The van der Waals surface area contributed by atoms with Crippen molar-refractivity contribution in [1.82, 2.24) is 5.32 Å². The predicted octanol–water partition coefficient (Wildman–Crippen LogP) is 2.56. The normalized spacial score (nSPS) is 20.0. The van der Waals surface area contributed by atoms with Crippen LogP contribution in [0.5, 0.6) is 0 Å². The summed E-state index contributed by atoms with van der Waals surface area (Å²) in [7, 11) is 0. The molecule has 2 rings (SSSR count). The molecule has 1 fully saturated rings. The van der Waals surface area contributed by atoms with Crippen LogP contribution in [0.1, 0.15) is 19.3 Å². The second kappa shape index (κ2) is 5.47. The Kier molecular flexibility index (Phi) is 3.97. The van der Waals surface area contributed by atoms with Gasteiger partial charge in [0.05, 0.1) is 11.1 Å². The van der Waals surface area contributed by atoms with Gasteiger partial charge in [0, 0.05) is 5.69 Å². The first-order valence-corrected chi connectivity index (χ1v) is 6.04. The minimum Gasteiger partial charge on any atom is -0.325 e. The van der Waals surface area contributed by atoms with E-state index in [2.05, 4.69) is 10.6 Å². The van der Waals surface area contributed by atoms with Crippen LogP contribution in [0.3, 0.4) is 0 Å². The molecule has 0 bridgehead atoms. The fraction of sp³-hybridized carbons (Fsp3) is 0.417. The molecule has 0 saturated carbocycles. The van der Waals surface area contributed by atoms with Crippen LogP contribution in [0.15, 0.2) is 18.2 Å². The van der Waals surface area contributed by atoms with E-state index in [1.54, 1.807) is 0 Å². The van der Waals surface area contributed by atoms with Crippen molar-refractivity contribution in [3.63, 3.8) is 0 Å². The third-order valence-corrected chi connectivity index (χ3v) is 3.10. The summed E-state index contributed by atoms with van der Waals surface area (Å²) in [5.41, 5.74) is 0.522. The number of hydrogen-bond donors (Lipinski definition) is 2. The molecule has 92 valence electrons. The molecule has 1 aliphatic rings. The molecule has 1 atom stereocenters. The van der Waals surface area contributed by atoms with Gasteiger partial charge < -0.3 is 10.6 Å². The molecular weight excluding hydrogens is 243 g/mol. The molecule has 2 N–H and O–H groups in total. The summed E-state index contributed by atoms with van der Waals surface area (Å²) >= 11 is 5.64. The van der Waals surface area contributed by atoms with E-state index in [0.29, 0.717) is 5.69 Å². The van der Waals surface area contributed by atoms with Crippen molar-refractivity contribution in [1.29, 1.82) is 0 Å². The number of nitrogens with one attached hydrogen (secondary N) is 2. The zero-order chi connectivity index (χ0) is 12.3. The lowest BCUT2D eigenvalue weighted by atomic mass is 10.0. The van der Waals surface area contributed by atoms with Gasteiger partial charge in [-0.15, -0.1) is 0 Å². The van der Waals surface area contributed by atoms with Crippen LogP contribution >= 0.6 is 11.6 Å².